The van der Waals surface area contributed by atoms with Gasteiger partial charge in [-0.3, -0.25) is 14.4 Å². The second-order valence-electron chi connectivity index (χ2n) is 9.45. The quantitative estimate of drug-likeness (QED) is 0.125. The minimum Gasteiger partial charge on any atom is -0.330 e. The van der Waals surface area contributed by atoms with Crippen molar-refractivity contribution in [2.75, 3.05) is 5.75 Å². The van der Waals surface area contributed by atoms with Crippen molar-refractivity contribution >= 4 is 35.6 Å². The fourth-order valence-electron chi connectivity index (χ4n) is 4.08. The van der Waals surface area contributed by atoms with Crippen molar-refractivity contribution < 1.29 is 24.0 Å². The lowest BCUT2D eigenvalue weighted by Crippen LogP contribution is -2.32. The van der Waals surface area contributed by atoms with Crippen molar-refractivity contribution in [3.05, 3.63) is 5.82 Å². The predicted octanol–water partition coefficient (Wildman–Crippen LogP) is 4.36. The summed E-state index contributed by atoms with van der Waals surface area (Å²) in [6.45, 7) is 0. The SMILES string of the molecule is O=C(CCCCCCCCCCCCCCCc1nn[nH]n1)NSCCCC(=O)ON1C(=O)CCC1=O. The molecule has 0 radical (unpaired) electrons. The van der Waals surface area contributed by atoms with E-state index in [1.54, 1.807) is 0 Å². The van der Waals surface area contributed by atoms with E-state index < -0.39 is 17.8 Å². The summed E-state index contributed by atoms with van der Waals surface area (Å²) in [7, 11) is 0. The van der Waals surface area contributed by atoms with Gasteiger partial charge < -0.3 is 9.56 Å². The highest BCUT2D eigenvalue weighted by atomic mass is 32.2. The molecular weight excluding hydrogens is 496 g/mol. The average Bonchev–Trinajstić information content (AvgIpc) is 3.51. The van der Waals surface area contributed by atoms with Crippen LogP contribution in [0.5, 0.6) is 0 Å². The average molecular weight is 539 g/mol. The van der Waals surface area contributed by atoms with Gasteiger partial charge in [-0.1, -0.05) is 87.8 Å². The third-order valence-electron chi connectivity index (χ3n) is 6.21. The van der Waals surface area contributed by atoms with Gasteiger partial charge in [-0.25, -0.2) is 4.79 Å². The number of nitrogens with one attached hydrogen (secondary N) is 2. The maximum absolute atomic E-state index is 11.9. The number of rotatable bonds is 22. The number of tetrazole rings is 1. The number of hydrogen-bond donors (Lipinski definition) is 2. The van der Waals surface area contributed by atoms with Crippen molar-refractivity contribution in [3.63, 3.8) is 0 Å². The van der Waals surface area contributed by atoms with E-state index in [1.165, 1.54) is 76.2 Å². The molecule has 11 nitrogen and oxygen atoms in total. The summed E-state index contributed by atoms with van der Waals surface area (Å²) in [6, 6.07) is 0. The van der Waals surface area contributed by atoms with E-state index in [9.17, 15) is 19.2 Å². The Labute approximate surface area is 223 Å². The van der Waals surface area contributed by atoms with E-state index in [-0.39, 0.29) is 25.2 Å². The molecule has 37 heavy (non-hydrogen) atoms. The number of aromatic amines is 1. The molecule has 0 aromatic carbocycles. The summed E-state index contributed by atoms with van der Waals surface area (Å²) in [5.41, 5.74) is 0. The molecule has 1 aliphatic heterocycles. The van der Waals surface area contributed by atoms with Crippen LogP contribution in [0, 0.1) is 0 Å². The van der Waals surface area contributed by atoms with E-state index in [4.69, 9.17) is 4.84 Å². The van der Waals surface area contributed by atoms with E-state index >= 15 is 0 Å². The summed E-state index contributed by atoms with van der Waals surface area (Å²) in [5.74, 6) is -0.190. The number of hydrogen-bond acceptors (Lipinski definition) is 9. The van der Waals surface area contributed by atoms with Crippen LogP contribution >= 0.6 is 11.9 Å². The van der Waals surface area contributed by atoms with Crippen LogP contribution in [0.1, 0.15) is 121 Å². The molecule has 1 fully saturated rings. The molecule has 2 rings (SSSR count). The van der Waals surface area contributed by atoms with Gasteiger partial charge in [-0.2, -0.15) is 5.21 Å². The third kappa shape index (κ3) is 14.7. The van der Waals surface area contributed by atoms with E-state index in [0.717, 1.165) is 31.5 Å². The lowest BCUT2D eigenvalue weighted by Gasteiger charge is -2.12. The number of amides is 3. The number of imide groups is 1. The molecule has 1 aromatic heterocycles. The zero-order valence-electron chi connectivity index (χ0n) is 21.9. The van der Waals surface area contributed by atoms with Crippen LogP contribution in [0.4, 0.5) is 0 Å². The highest BCUT2D eigenvalue weighted by Gasteiger charge is 2.32. The fourth-order valence-corrected chi connectivity index (χ4v) is 4.73. The summed E-state index contributed by atoms with van der Waals surface area (Å²) in [6.07, 6.45) is 18.0. The number of hydroxylamine groups is 2. The van der Waals surface area contributed by atoms with Gasteiger partial charge in [0.15, 0.2) is 5.82 Å². The Bertz CT molecular complexity index is 792. The van der Waals surface area contributed by atoms with Gasteiger partial charge in [0.2, 0.25) is 5.91 Å². The molecule has 1 aliphatic rings. The molecule has 208 valence electrons. The number of aromatic nitrogens is 4. The van der Waals surface area contributed by atoms with Crippen LogP contribution in [0.2, 0.25) is 0 Å². The molecule has 1 saturated heterocycles. The number of carbonyl (C=O) groups is 4. The van der Waals surface area contributed by atoms with Crippen molar-refractivity contribution in [2.45, 2.75) is 122 Å². The normalized spacial score (nSPS) is 13.4. The summed E-state index contributed by atoms with van der Waals surface area (Å²) in [5, 5.41) is 14.5. The molecule has 0 saturated carbocycles. The Morgan fingerprint density at radius 1 is 0.811 bits per heavy atom. The van der Waals surface area contributed by atoms with Crippen LogP contribution in [-0.4, -0.2) is 55.1 Å². The van der Waals surface area contributed by atoms with E-state index in [2.05, 4.69) is 25.3 Å². The first-order valence-electron chi connectivity index (χ1n) is 13.8. The molecule has 0 aliphatic carbocycles. The lowest BCUT2D eigenvalue weighted by molar-refractivity contribution is -0.197. The lowest BCUT2D eigenvalue weighted by atomic mass is 10.0. The number of aryl methyl sites for hydroxylation is 1. The van der Waals surface area contributed by atoms with Gasteiger partial charge in [0.1, 0.15) is 0 Å². The second-order valence-corrected chi connectivity index (χ2v) is 10.3. The monoisotopic (exact) mass is 538 g/mol. The maximum atomic E-state index is 11.9. The minimum absolute atomic E-state index is 0.00986. The van der Waals surface area contributed by atoms with Gasteiger partial charge in [0.05, 0.1) is 0 Å². The summed E-state index contributed by atoms with van der Waals surface area (Å²) in [4.78, 5) is 51.2. The molecule has 0 atom stereocenters. The van der Waals surface area contributed by atoms with Gasteiger partial charge in [-0.05, 0) is 19.3 Å². The van der Waals surface area contributed by atoms with Crippen molar-refractivity contribution in [2.24, 2.45) is 0 Å². The number of unbranched alkanes of at least 4 members (excludes halogenated alkanes) is 12. The van der Waals surface area contributed by atoms with Crippen LogP contribution in [-0.2, 0) is 30.4 Å². The Balaban J connectivity index is 1.26. The van der Waals surface area contributed by atoms with Gasteiger partial charge in [0.25, 0.3) is 11.8 Å². The van der Waals surface area contributed by atoms with Gasteiger partial charge in [-0.15, -0.1) is 15.3 Å². The van der Waals surface area contributed by atoms with Crippen molar-refractivity contribution in [1.29, 1.82) is 0 Å². The number of nitrogens with zero attached hydrogens (tertiary/aromatic N) is 4. The zero-order chi connectivity index (χ0) is 26.6. The van der Waals surface area contributed by atoms with Gasteiger partial charge in [0, 0.05) is 37.9 Å². The van der Waals surface area contributed by atoms with Crippen LogP contribution in [0.3, 0.4) is 0 Å². The number of H-pyrrole nitrogens is 1. The maximum Gasteiger partial charge on any atom is 0.333 e. The van der Waals surface area contributed by atoms with E-state index in [1.807, 2.05) is 0 Å². The zero-order valence-corrected chi connectivity index (χ0v) is 22.7. The Kier molecular flexibility index (Phi) is 16.3. The Hall–Kier alpha value is -2.50. The second kappa shape index (κ2) is 19.6. The predicted molar refractivity (Wildman–Crippen MR) is 140 cm³/mol. The van der Waals surface area contributed by atoms with Crippen LogP contribution < -0.4 is 4.72 Å². The Morgan fingerprint density at radius 2 is 1.38 bits per heavy atom. The molecule has 0 unspecified atom stereocenters. The van der Waals surface area contributed by atoms with Crippen molar-refractivity contribution in [3.8, 4) is 0 Å². The molecule has 12 heteroatoms. The molecule has 1 aromatic rings. The largest absolute Gasteiger partial charge is 0.333 e. The first-order valence-corrected chi connectivity index (χ1v) is 14.7. The topological polar surface area (TPSA) is 147 Å². The van der Waals surface area contributed by atoms with Gasteiger partial charge >= 0.3 is 5.97 Å². The highest BCUT2D eigenvalue weighted by molar-refractivity contribution is 7.97. The molecule has 0 spiro atoms. The molecular formula is C25H42N6O5S. The standard InChI is InChI=1S/C25H42N6O5S/c32-22(28-37-20-14-17-25(35)36-31-23(33)18-19-24(31)34)16-13-11-9-7-5-3-1-2-4-6-8-10-12-15-21-26-29-30-27-21/h1-20H2,(H,28,32)(H,26,27,29,30). The fraction of sp³-hybridized carbons (Fsp3) is 0.800. The third-order valence-corrected chi connectivity index (χ3v) is 7.07. The first-order chi connectivity index (χ1) is 18.1. The van der Waals surface area contributed by atoms with Crippen LogP contribution in [0.15, 0.2) is 0 Å². The summed E-state index contributed by atoms with van der Waals surface area (Å²) >= 11 is 1.27. The molecule has 0 bridgehead atoms. The van der Waals surface area contributed by atoms with Crippen molar-refractivity contribution in [1.82, 2.24) is 30.4 Å². The van der Waals surface area contributed by atoms with E-state index in [0.29, 0.717) is 23.7 Å². The molecule has 3 amide bonds. The van der Waals surface area contributed by atoms with Crippen LogP contribution in [0.25, 0.3) is 0 Å². The molecule has 2 N–H and O–H groups in total. The molecule has 2 heterocycles. The first kappa shape index (κ1) is 30.7. The Morgan fingerprint density at radius 3 is 1.95 bits per heavy atom. The highest BCUT2D eigenvalue weighted by Crippen LogP contribution is 2.15. The minimum atomic E-state index is -0.611. The smallest absolute Gasteiger partial charge is 0.330 e. The summed E-state index contributed by atoms with van der Waals surface area (Å²) < 4.78 is 2.79. The number of carbonyl (C=O) groups excluding carboxylic acids is 4.